The Hall–Kier alpha value is -3.83. The fourth-order valence-corrected chi connectivity index (χ4v) is 2.98. The lowest BCUT2D eigenvalue weighted by atomic mass is 10.1. The van der Waals surface area contributed by atoms with Crippen LogP contribution in [-0.4, -0.2) is 25.7 Å². The number of rotatable bonds is 3. The number of alkyl halides is 6. The molecule has 2 aromatic heterocycles. The molecule has 12 heteroatoms. The van der Waals surface area contributed by atoms with E-state index in [1.54, 1.807) is 24.3 Å². The van der Waals surface area contributed by atoms with E-state index in [4.69, 9.17) is 0 Å². The number of halogens is 6. The number of carbonyl (C=O) groups is 1. The monoisotopic (exact) mass is 439 g/mol. The summed E-state index contributed by atoms with van der Waals surface area (Å²) in [6.45, 7) is 0. The Morgan fingerprint density at radius 1 is 0.968 bits per heavy atom. The van der Waals surface area contributed by atoms with Crippen molar-refractivity contribution in [3.63, 3.8) is 0 Å². The third-order valence-corrected chi connectivity index (χ3v) is 4.32. The van der Waals surface area contributed by atoms with Gasteiger partial charge in [0.1, 0.15) is 0 Å². The summed E-state index contributed by atoms with van der Waals surface area (Å²) < 4.78 is 80.3. The van der Waals surface area contributed by atoms with Crippen molar-refractivity contribution in [2.45, 2.75) is 12.4 Å². The minimum absolute atomic E-state index is 0.0915. The Kier molecular flexibility index (Phi) is 4.71. The van der Waals surface area contributed by atoms with Gasteiger partial charge in [0, 0.05) is 0 Å². The molecule has 2 N–H and O–H groups in total. The maximum atomic E-state index is 13.7. The van der Waals surface area contributed by atoms with Crippen molar-refractivity contribution < 1.29 is 31.1 Å². The van der Waals surface area contributed by atoms with E-state index in [1.165, 1.54) is 0 Å². The first-order valence-electron chi connectivity index (χ1n) is 8.63. The number of aromatic nitrogens is 4. The van der Waals surface area contributed by atoms with Crippen LogP contribution in [0.4, 0.5) is 32.3 Å². The first kappa shape index (κ1) is 20.4. The van der Waals surface area contributed by atoms with Crippen LogP contribution in [0.15, 0.2) is 54.7 Å². The average Bonchev–Trinajstić information content (AvgIpc) is 3.31. The minimum atomic E-state index is -5.08. The zero-order valence-corrected chi connectivity index (χ0v) is 15.2. The van der Waals surface area contributed by atoms with Gasteiger partial charge in [-0.25, -0.2) is 9.67 Å². The van der Waals surface area contributed by atoms with E-state index >= 15 is 0 Å². The number of para-hydroxylation sites is 2. The second-order valence-corrected chi connectivity index (χ2v) is 6.42. The van der Waals surface area contributed by atoms with Crippen molar-refractivity contribution in [3.05, 3.63) is 71.5 Å². The van der Waals surface area contributed by atoms with Crippen LogP contribution in [0.2, 0.25) is 0 Å². The van der Waals surface area contributed by atoms with E-state index in [0.717, 1.165) is 18.2 Å². The van der Waals surface area contributed by atoms with Crippen molar-refractivity contribution in [2.75, 3.05) is 5.32 Å². The molecule has 0 bridgehead atoms. The Balaban J connectivity index is 1.74. The molecule has 0 fully saturated rings. The Bertz CT molecular complexity index is 1240. The number of fused-ring (bicyclic) bond motifs is 1. The number of amides is 1. The molecule has 6 nitrogen and oxygen atoms in total. The van der Waals surface area contributed by atoms with Gasteiger partial charge in [0.15, 0.2) is 5.69 Å². The maximum Gasteiger partial charge on any atom is 0.434 e. The van der Waals surface area contributed by atoms with E-state index in [2.05, 4.69) is 20.4 Å². The predicted molar refractivity (Wildman–Crippen MR) is 97.6 cm³/mol. The molecule has 0 aliphatic rings. The molecule has 0 saturated heterocycles. The van der Waals surface area contributed by atoms with Crippen molar-refractivity contribution in [1.29, 1.82) is 0 Å². The van der Waals surface area contributed by atoms with Crippen LogP contribution in [0.1, 0.15) is 21.6 Å². The van der Waals surface area contributed by atoms with E-state index < -0.39 is 40.8 Å². The summed E-state index contributed by atoms with van der Waals surface area (Å²) in [6.07, 6.45) is -9.20. The number of H-pyrrole nitrogens is 1. The number of nitrogens with zero attached hydrogens (tertiary/aromatic N) is 3. The fourth-order valence-electron chi connectivity index (χ4n) is 2.98. The van der Waals surface area contributed by atoms with Gasteiger partial charge in [0.2, 0.25) is 5.95 Å². The average molecular weight is 439 g/mol. The molecule has 0 spiro atoms. The molecule has 4 rings (SSSR count). The lowest BCUT2D eigenvalue weighted by Crippen LogP contribution is -2.21. The summed E-state index contributed by atoms with van der Waals surface area (Å²) in [7, 11) is 0. The van der Waals surface area contributed by atoms with Gasteiger partial charge in [-0.3, -0.25) is 10.1 Å². The molecular weight excluding hydrogens is 428 g/mol. The third-order valence-electron chi connectivity index (χ3n) is 4.32. The molecular formula is C19H11F6N5O. The molecule has 0 saturated carbocycles. The molecule has 0 atom stereocenters. The zero-order chi connectivity index (χ0) is 22.4. The third kappa shape index (κ3) is 3.96. The van der Waals surface area contributed by atoms with Gasteiger partial charge >= 0.3 is 12.4 Å². The van der Waals surface area contributed by atoms with Crippen LogP contribution in [-0.2, 0) is 12.4 Å². The van der Waals surface area contributed by atoms with Gasteiger partial charge < -0.3 is 4.98 Å². The van der Waals surface area contributed by atoms with E-state index in [0.29, 0.717) is 23.3 Å². The highest BCUT2D eigenvalue weighted by atomic mass is 19.4. The Labute approximate surface area is 169 Å². The summed E-state index contributed by atoms with van der Waals surface area (Å²) in [5.74, 6) is -1.27. The molecule has 31 heavy (non-hydrogen) atoms. The minimum Gasteiger partial charge on any atom is -0.324 e. The first-order chi connectivity index (χ1) is 14.5. The number of benzene rings is 2. The molecule has 1 amide bonds. The predicted octanol–water partition coefficient (Wildman–Crippen LogP) is 5.04. The highest BCUT2D eigenvalue weighted by Gasteiger charge is 2.41. The molecule has 0 radical (unpaired) electrons. The zero-order valence-electron chi connectivity index (χ0n) is 15.2. The number of hydrogen-bond donors (Lipinski definition) is 2. The first-order valence-corrected chi connectivity index (χ1v) is 8.63. The summed E-state index contributed by atoms with van der Waals surface area (Å²) in [5.41, 5.74) is -3.00. The maximum absolute atomic E-state index is 13.7. The van der Waals surface area contributed by atoms with Gasteiger partial charge in [-0.1, -0.05) is 18.2 Å². The Morgan fingerprint density at radius 2 is 1.71 bits per heavy atom. The van der Waals surface area contributed by atoms with Crippen LogP contribution in [0.5, 0.6) is 0 Å². The second kappa shape index (κ2) is 7.15. The van der Waals surface area contributed by atoms with Crippen molar-refractivity contribution >= 4 is 22.9 Å². The number of nitrogens with one attached hydrogen (secondary N) is 2. The second-order valence-electron chi connectivity index (χ2n) is 6.42. The van der Waals surface area contributed by atoms with Crippen LogP contribution >= 0.6 is 0 Å². The highest BCUT2D eigenvalue weighted by Crippen LogP contribution is 2.35. The lowest BCUT2D eigenvalue weighted by Gasteiger charge is -2.14. The van der Waals surface area contributed by atoms with E-state index in [9.17, 15) is 31.1 Å². The van der Waals surface area contributed by atoms with Crippen LogP contribution in [0, 0.1) is 0 Å². The number of anilines is 1. The molecule has 0 aliphatic heterocycles. The normalized spacial score (nSPS) is 12.3. The lowest BCUT2D eigenvalue weighted by molar-refractivity contribution is -0.143. The van der Waals surface area contributed by atoms with Crippen LogP contribution < -0.4 is 5.32 Å². The molecule has 0 unspecified atom stereocenters. The van der Waals surface area contributed by atoms with Crippen molar-refractivity contribution in [1.82, 2.24) is 19.7 Å². The van der Waals surface area contributed by atoms with E-state index in [-0.39, 0.29) is 10.6 Å². The van der Waals surface area contributed by atoms with Crippen LogP contribution in [0.3, 0.4) is 0 Å². The standard InChI is InChI=1S/C19H11F6N5O/c20-18(21,22)10-4-3-5-11(8-10)30-15(19(23,24)25)12(9-26-30)16(31)29-17-27-13-6-1-2-7-14(13)28-17/h1-9H,(H2,27,28,29,31). The summed E-state index contributed by atoms with van der Waals surface area (Å²) >= 11 is 0. The number of imidazole rings is 1. The highest BCUT2D eigenvalue weighted by molar-refractivity contribution is 6.04. The number of aromatic amines is 1. The van der Waals surface area contributed by atoms with Crippen molar-refractivity contribution in [3.8, 4) is 5.69 Å². The largest absolute Gasteiger partial charge is 0.434 e. The number of hydrogen-bond acceptors (Lipinski definition) is 3. The summed E-state index contributed by atoms with van der Waals surface area (Å²) in [5, 5.41) is 5.74. The molecule has 0 aliphatic carbocycles. The number of carbonyl (C=O) groups excluding carboxylic acids is 1. The molecule has 4 aromatic rings. The SMILES string of the molecule is O=C(Nc1nc2ccccc2[nH]1)c1cnn(-c2cccc(C(F)(F)F)c2)c1C(F)(F)F. The molecule has 2 heterocycles. The smallest absolute Gasteiger partial charge is 0.324 e. The van der Waals surface area contributed by atoms with Gasteiger partial charge in [-0.15, -0.1) is 0 Å². The Morgan fingerprint density at radius 3 is 2.39 bits per heavy atom. The van der Waals surface area contributed by atoms with Crippen molar-refractivity contribution in [2.24, 2.45) is 0 Å². The topological polar surface area (TPSA) is 75.6 Å². The molecule has 2 aromatic carbocycles. The molecule has 160 valence electrons. The summed E-state index contributed by atoms with van der Waals surface area (Å²) in [6, 6.07) is 9.90. The van der Waals surface area contributed by atoms with Crippen LogP contribution in [0.25, 0.3) is 16.7 Å². The van der Waals surface area contributed by atoms with Gasteiger partial charge in [-0.05, 0) is 30.3 Å². The van der Waals surface area contributed by atoms with Gasteiger partial charge in [-0.2, -0.15) is 31.4 Å². The fraction of sp³-hybridized carbons (Fsp3) is 0.105. The van der Waals surface area contributed by atoms with Gasteiger partial charge in [0.25, 0.3) is 5.91 Å². The van der Waals surface area contributed by atoms with Gasteiger partial charge in [0.05, 0.1) is 34.0 Å². The summed E-state index contributed by atoms with van der Waals surface area (Å²) in [4.78, 5) is 19.3. The van der Waals surface area contributed by atoms with E-state index in [1.807, 2.05) is 0 Å². The quantitative estimate of drug-likeness (QED) is 0.440.